The molecule has 0 fully saturated rings. The van der Waals surface area contributed by atoms with Crippen molar-refractivity contribution >= 4 is 7.05 Å². The quantitative estimate of drug-likeness (QED) is 0.236. The van der Waals surface area contributed by atoms with E-state index in [0.29, 0.717) is 0 Å². The largest absolute Gasteiger partial charge is 0.272 e. The molecule has 0 bridgehead atoms. The van der Waals surface area contributed by atoms with Crippen LogP contribution in [0.5, 0.6) is 0 Å². The Kier molecular flexibility index (Phi) is 15.4. The van der Waals surface area contributed by atoms with E-state index < -0.39 is 7.05 Å². The molecule has 0 unspecified atom stereocenters. The van der Waals surface area contributed by atoms with E-state index in [1.54, 1.807) is 12.2 Å². The SMILES string of the molecule is C=CC=C.CC(C)CP(CC(C)C)(CC(C)C)=NC1=CC=CC1.[Ti]. The van der Waals surface area contributed by atoms with Crippen LogP contribution in [0, 0.1) is 17.8 Å². The summed E-state index contributed by atoms with van der Waals surface area (Å²) in [6.45, 7) is 20.8. The molecule has 24 heavy (non-hydrogen) atoms. The molecule has 0 aromatic rings. The molecule has 0 heterocycles. The minimum absolute atomic E-state index is 0. The van der Waals surface area contributed by atoms with Crippen molar-refractivity contribution in [2.75, 3.05) is 18.5 Å². The third kappa shape index (κ3) is 12.3. The summed E-state index contributed by atoms with van der Waals surface area (Å²) in [5.41, 5.74) is 1.33. The minimum Gasteiger partial charge on any atom is -0.272 e. The third-order valence-electron chi connectivity index (χ3n) is 3.37. The van der Waals surface area contributed by atoms with Crippen LogP contribution >= 0.6 is 7.05 Å². The molecule has 1 aliphatic carbocycles. The summed E-state index contributed by atoms with van der Waals surface area (Å²) in [6.07, 6.45) is 14.9. The van der Waals surface area contributed by atoms with Gasteiger partial charge in [-0.05, 0) is 49.4 Å². The van der Waals surface area contributed by atoms with Crippen LogP contribution in [0.15, 0.2) is 54.0 Å². The van der Waals surface area contributed by atoms with Crippen LogP contribution in [0.4, 0.5) is 0 Å². The Hall–Kier alpha value is -0.0957. The molecule has 0 spiro atoms. The number of allylic oxidation sites excluding steroid dienone is 5. The van der Waals surface area contributed by atoms with E-state index in [-0.39, 0.29) is 21.7 Å². The molecule has 0 amide bonds. The van der Waals surface area contributed by atoms with Crippen LogP contribution in [0.2, 0.25) is 0 Å². The Balaban J connectivity index is 0. The van der Waals surface area contributed by atoms with E-state index in [0.717, 1.165) is 24.2 Å². The summed E-state index contributed by atoms with van der Waals surface area (Å²) in [7, 11) is -1.20. The molecule has 136 valence electrons. The van der Waals surface area contributed by atoms with Crippen molar-refractivity contribution < 1.29 is 21.7 Å². The molecule has 1 rings (SSSR count). The van der Waals surface area contributed by atoms with Crippen molar-refractivity contribution in [3.8, 4) is 0 Å². The normalized spacial score (nSPS) is 13.3. The molecule has 1 aliphatic rings. The van der Waals surface area contributed by atoms with E-state index in [1.807, 2.05) is 0 Å². The van der Waals surface area contributed by atoms with Gasteiger partial charge in [0.1, 0.15) is 0 Å². The molecule has 0 aliphatic heterocycles. The zero-order valence-electron chi connectivity index (χ0n) is 16.8. The number of rotatable bonds is 8. The Morgan fingerprint density at radius 1 is 0.958 bits per heavy atom. The van der Waals surface area contributed by atoms with Crippen LogP contribution in [0.25, 0.3) is 0 Å². The maximum atomic E-state index is 5.34. The fourth-order valence-electron chi connectivity index (χ4n) is 3.17. The molecule has 0 saturated carbocycles. The predicted molar refractivity (Wildman–Crippen MR) is 111 cm³/mol. The monoisotopic (exact) mass is 383 g/mol. The van der Waals surface area contributed by atoms with Crippen molar-refractivity contribution in [1.29, 1.82) is 0 Å². The van der Waals surface area contributed by atoms with Gasteiger partial charge in [0.2, 0.25) is 0 Å². The Labute approximate surface area is 166 Å². The van der Waals surface area contributed by atoms with E-state index in [4.69, 9.17) is 4.74 Å². The molecule has 0 aromatic carbocycles. The average Bonchev–Trinajstić information content (AvgIpc) is 2.88. The molecule has 3 heteroatoms. The first-order valence-corrected chi connectivity index (χ1v) is 11.2. The summed E-state index contributed by atoms with van der Waals surface area (Å²) < 4.78 is 5.34. The number of hydrogen-bond acceptors (Lipinski definition) is 1. The summed E-state index contributed by atoms with van der Waals surface area (Å²) in [6, 6.07) is 0. The third-order valence-corrected chi connectivity index (χ3v) is 8.29. The van der Waals surface area contributed by atoms with Gasteiger partial charge >= 0.3 is 0 Å². The molecule has 0 radical (unpaired) electrons. The van der Waals surface area contributed by atoms with Crippen LogP contribution < -0.4 is 0 Å². The summed E-state index contributed by atoms with van der Waals surface area (Å²) in [5, 5.41) is 0. The van der Waals surface area contributed by atoms with E-state index in [2.05, 4.69) is 72.9 Å². The molecule has 1 nitrogen and oxygen atoms in total. The summed E-state index contributed by atoms with van der Waals surface area (Å²) >= 11 is 0. The first-order chi connectivity index (χ1) is 10.7. The smallest absolute Gasteiger partial charge is 0.0425 e. The Morgan fingerprint density at radius 3 is 1.62 bits per heavy atom. The maximum Gasteiger partial charge on any atom is 0.0425 e. The van der Waals surface area contributed by atoms with E-state index >= 15 is 0 Å². The summed E-state index contributed by atoms with van der Waals surface area (Å²) in [5.74, 6) is 2.26. The van der Waals surface area contributed by atoms with Crippen LogP contribution in [0.3, 0.4) is 0 Å². The second kappa shape index (κ2) is 14.1. The number of hydrogen-bond donors (Lipinski definition) is 0. The van der Waals surface area contributed by atoms with Gasteiger partial charge in [-0.2, -0.15) is 0 Å². The van der Waals surface area contributed by atoms with Gasteiger partial charge in [-0.15, -0.1) is 0 Å². The van der Waals surface area contributed by atoms with Gasteiger partial charge in [0, 0.05) is 33.8 Å². The fraction of sp³-hybridized carbons (Fsp3) is 0.619. The van der Waals surface area contributed by atoms with Gasteiger partial charge in [-0.1, -0.05) is 79.0 Å². The minimum atomic E-state index is -1.20. The van der Waals surface area contributed by atoms with Gasteiger partial charge in [0.05, 0.1) is 0 Å². The van der Waals surface area contributed by atoms with Crippen LogP contribution in [-0.4, -0.2) is 18.5 Å². The molecule has 0 atom stereocenters. The van der Waals surface area contributed by atoms with Crippen molar-refractivity contribution in [3.63, 3.8) is 0 Å². The van der Waals surface area contributed by atoms with Gasteiger partial charge in [0.25, 0.3) is 0 Å². The standard InChI is InChI=1S/C17H32NP.C4H6.Ti/c1-14(2)11-19(12-15(3)4,13-16(5)6)18-17-9-7-8-10-17;1-3-4-2;/h7-9,14-16H,10-13H2,1-6H3;3-4H,1-2H2;. The first-order valence-electron chi connectivity index (χ1n) is 8.93. The van der Waals surface area contributed by atoms with Gasteiger partial charge < -0.3 is 0 Å². The van der Waals surface area contributed by atoms with Crippen LogP contribution in [0.1, 0.15) is 48.0 Å². The van der Waals surface area contributed by atoms with Crippen LogP contribution in [-0.2, 0) is 21.7 Å². The topological polar surface area (TPSA) is 12.4 Å². The first kappa shape index (κ1) is 26.1. The van der Waals surface area contributed by atoms with Crippen molar-refractivity contribution in [2.45, 2.75) is 48.0 Å². The van der Waals surface area contributed by atoms with Crippen molar-refractivity contribution in [1.82, 2.24) is 0 Å². The number of nitrogens with zero attached hydrogens (tertiary/aromatic N) is 1. The van der Waals surface area contributed by atoms with E-state index in [9.17, 15) is 0 Å². The molecular formula is C21H38NPTi. The molecular weight excluding hydrogens is 345 g/mol. The average molecular weight is 383 g/mol. The van der Waals surface area contributed by atoms with Crippen molar-refractivity contribution in [3.05, 3.63) is 49.2 Å². The Morgan fingerprint density at radius 2 is 1.38 bits per heavy atom. The Bertz CT molecular complexity index is 431. The summed E-state index contributed by atoms with van der Waals surface area (Å²) in [4.78, 5) is 0. The van der Waals surface area contributed by atoms with Crippen molar-refractivity contribution in [2.24, 2.45) is 22.5 Å². The van der Waals surface area contributed by atoms with E-state index in [1.165, 1.54) is 24.2 Å². The second-order valence-electron chi connectivity index (χ2n) is 7.69. The van der Waals surface area contributed by atoms with Gasteiger partial charge in [0.15, 0.2) is 0 Å². The predicted octanol–water partition coefficient (Wildman–Crippen LogP) is 7.36. The zero-order chi connectivity index (χ0) is 17.9. The molecule has 0 N–H and O–H groups in total. The fourth-order valence-corrected chi connectivity index (χ4v) is 8.63. The van der Waals surface area contributed by atoms with Gasteiger partial charge in [-0.3, -0.25) is 4.74 Å². The molecule has 0 saturated heterocycles. The molecule has 0 aromatic heterocycles. The zero-order valence-corrected chi connectivity index (χ0v) is 19.2. The maximum absolute atomic E-state index is 5.34. The van der Waals surface area contributed by atoms with Gasteiger partial charge in [-0.25, -0.2) is 0 Å². The second-order valence-corrected chi connectivity index (χ2v) is 11.2.